The normalized spacial score (nSPS) is 15.1. The number of halogens is 3. The number of carbonyl (C=O) groups is 1. The Morgan fingerprint density at radius 3 is 2.14 bits per heavy atom. The number of rotatable bonds is 3. The summed E-state index contributed by atoms with van der Waals surface area (Å²) in [6, 6.07) is 0. The zero-order valence-electron chi connectivity index (χ0n) is 7.63. The molecule has 0 saturated heterocycles. The molecule has 0 aliphatic carbocycles. The highest BCUT2D eigenvalue weighted by Crippen LogP contribution is 2.34. The van der Waals surface area contributed by atoms with Crippen LogP contribution in [0.15, 0.2) is 0 Å². The highest BCUT2D eigenvalue weighted by Gasteiger charge is 2.59. The summed E-state index contributed by atoms with van der Waals surface area (Å²) in [5, 5.41) is 17.3. The van der Waals surface area contributed by atoms with Gasteiger partial charge in [0.1, 0.15) is 5.92 Å². The molecule has 0 rings (SSSR count). The molecule has 0 aromatic rings. The van der Waals surface area contributed by atoms with Crippen molar-refractivity contribution < 1.29 is 32.9 Å². The summed E-state index contributed by atoms with van der Waals surface area (Å²) in [6.45, 7) is 2.00. The first kappa shape index (κ1) is 13.2. The standard InChI is InChI=1S/C7H11F3O4/c1-3-14-5(11)4(2)6(12,13)7(8,9)10/h4,12-13H,3H2,1-2H3. The van der Waals surface area contributed by atoms with Crippen molar-refractivity contribution in [2.45, 2.75) is 25.8 Å². The highest BCUT2D eigenvalue weighted by molar-refractivity contribution is 5.73. The molecule has 0 spiro atoms. The third-order valence-corrected chi connectivity index (χ3v) is 1.66. The van der Waals surface area contributed by atoms with E-state index in [0.717, 1.165) is 6.92 Å². The Morgan fingerprint density at radius 2 is 1.86 bits per heavy atom. The summed E-state index contributed by atoms with van der Waals surface area (Å²) in [4.78, 5) is 10.8. The van der Waals surface area contributed by atoms with Crippen molar-refractivity contribution in [1.82, 2.24) is 0 Å². The minimum absolute atomic E-state index is 0.128. The summed E-state index contributed by atoms with van der Waals surface area (Å²) in [7, 11) is 0. The van der Waals surface area contributed by atoms with Gasteiger partial charge < -0.3 is 14.9 Å². The maximum absolute atomic E-state index is 12.0. The van der Waals surface area contributed by atoms with Crippen LogP contribution >= 0.6 is 0 Å². The molecule has 0 aliphatic rings. The molecule has 0 heterocycles. The van der Waals surface area contributed by atoms with Gasteiger partial charge >= 0.3 is 12.1 Å². The van der Waals surface area contributed by atoms with Gasteiger partial charge in [-0.25, -0.2) is 0 Å². The first-order valence-corrected chi connectivity index (χ1v) is 3.82. The van der Waals surface area contributed by atoms with Crippen molar-refractivity contribution >= 4 is 5.97 Å². The topological polar surface area (TPSA) is 66.8 Å². The van der Waals surface area contributed by atoms with Crippen LogP contribution in [-0.4, -0.2) is 34.8 Å². The fourth-order valence-corrected chi connectivity index (χ4v) is 0.677. The monoisotopic (exact) mass is 216 g/mol. The average molecular weight is 216 g/mol. The summed E-state index contributed by atoms with van der Waals surface area (Å²) < 4.78 is 40.2. The molecular weight excluding hydrogens is 205 g/mol. The zero-order chi connectivity index (χ0) is 11.6. The third kappa shape index (κ3) is 2.58. The molecule has 0 aromatic carbocycles. The Morgan fingerprint density at radius 1 is 1.43 bits per heavy atom. The molecule has 7 heteroatoms. The van der Waals surface area contributed by atoms with Crippen LogP contribution in [0.1, 0.15) is 13.8 Å². The predicted molar refractivity (Wildman–Crippen MR) is 39.0 cm³/mol. The van der Waals surface area contributed by atoms with E-state index in [0.29, 0.717) is 0 Å². The number of ether oxygens (including phenoxy) is 1. The molecule has 14 heavy (non-hydrogen) atoms. The van der Waals surface area contributed by atoms with Gasteiger partial charge in [-0.3, -0.25) is 4.79 Å². The summed E-state index contributed by atoms with van der Waals surface area (Å²) in [5.41, 5.74) is 0. The fourth-order valence-electron chi connectivity index (χ4n) is 0.677. The number of esters is 1. The molecule has 84 valence electrons. The van der Waals surface area contributed by atoms with Gasteiger partial charge in [0.05, 0.1) is 6.61 Å². The molecular formula is C7H11F3O4. The first-order chi connectivity index (χ1) is 6.14. The van der Waals surface area contributed by atoms with Gasteiger partial charge in [-0.05, 0) is 13.8 Å². The summed E-state index contributed by atoms with van der Waals surface area (Å²) in [5.74, 6) is -7.45. The van der Waals surface area contributed by atoms with Crippen molar-refractivity contribution in [2.75, 3.05) is 6.61 Å². The third-order valence-electron chi connectivity index (χ3n) is 1.66. The largest absolute Gasteiger partial charge is 0.466 e. The molecule has 0 radical (unpaired) electrons. The predicted octanol–water partition coefficient (Wildman–Crippen LogP) is 0.429. The lowest BCUT2D eigenvalue weighted by atomic mass is 10.0. The average Bonchev–Trinajstić information content (AvgIpc) is 2.01. The van der Waals surface area contributed by atoms with Crippen molar-refractivity contribution in [2.24, 2.45) is 5.92 Å². The van der Waals surface area contributed by atoms with Crippen molar-refractivity contribution in [3.05, 3.63) is 0 Å². The van der Waals surface area contributed by atoms with Crippen LogP contribution in [0.3, 0.4) is 0 Å². The Labute approximate surface area is 78.3 Å². The van der Waals surface area contributed by atoms with Gasteiger partial charge in [0.15, 0.2) is 0 Å². The number of carbonyl (C=O) groups excluding carboxylic acids is 1. The second kappa shape index (κ2) is 4.14. The second-order valence-electron chi connectivity index (χ2n) is 2.70. The number of hydrogen-bond acceptors (Lipinski definition) is 4. The van der Waals surface area contributed by atoms with E-state index < -0.39 is 23.9 Å². The molecule has 4 nitrogen and oxygen atoms in total. The second-order valence-corrected chi connectivity index (χ2v) is 2.70. The Balaban J connectivity index is 4.66. The quantitative estimate of drug-likeness (QED) is 0.530. The van der Waals surface area contributed by atoms with Crippen LogP contribution in [0.2, 0.25) is 0 Å². The highest BCUT2D eigenvalue weighted by atomic mass is 19.4. The van der Waals surface area contributed by atoms with Gasteiger partial charge in [-0.2, -0.15) is 13.2 Å². The van der Waals surface area contributed by atoms with Crippen LogP contribution in [0.25, 0.3) is 0 Å². The van der Waals surface area contributed by atoms with E-state index >= 15 is 0 Å². The maximum Gasteiger partial charge on any atom is 0.443 e. The molecule has 0 aliphatic heterocycles. The first-order valence-electron chi connectivity index (χ1n) is 3.82. The van der Waals surface area contributed by atoms with Crippen molar-refractivity contribution in [1.29, 1.82) is 0 Å². The molecule has 2 N–H and O–H groups in total. The van der Waals surface area contributed by atoms with Crippen LogP contribution in [-0.2, 0) is 9.53 Å². The molecule has 1 atom stereocenters. The van der Waals surface area contributed by atoms with E-state index in [9.17, 15) is 18.0 Å². The van der Waals surface area contributed by atoms with E-state index in [1.807, 2.05) is 0 Å². The van der Waals surface area contributed by atoms with Crippen LogP contribution in [0.5, 0.6) is 0 Å². The number of alkyl halides is 3. The van der Waals surface area contributed by atoms with Crippen molar-refractivity contribution in [3.8, 4) is 0 Å². The Bertz CT molecular complexity index is 211. The summed E-state index contributed by atoms with van der Waals surface area (Å²) >= 11 is 0. The van der Waals surface area contributed by atoms with Crippen LogP contribution < -0.4 is 0 Å². The molecule has 0 aromatic heterocycles. The van der Waals surface area contributed by atoms with E-state index in [-0.39, 0.29) is 6.61 Å². The summed E-state index contributed by atoms with van der Waals surface area (Å²) in [6.07, 6.45) is -5.29. The number of aliphatic hydroxyl groups is 2. The molecule has 0 amide bonds. The van der Waals surface area contributed by atoms with E-state index in [1.54, 1.807) is 0 Å². The van der Waals surface area contributed by atoms with Gasteiger partial charge in [-0.1, -0.05) is 0 Å². The van der Waals surface area contributed by atoms with Gasteiger partial charge in [0.2, 0.25) is 0 Å². The molecule has 1 unspecified atom stereocenters. The number of hydrogen-bond donors (Lipinski definition) is 2. The van der Waals surface area contributed by atoms with Crippen LogP contribution in [0.4, 0.5) is 13.2 Å². The van der Waals surface area contributed by atoms with Gasteiger partial charge in [0, 0.05) is 0 Å². The van der Waals surface area contributed by atoms with Crippen molar-refractivity contribution in [3.63, 3.8) is 0 Å². The molecule has 0 saturated carbocycles. The van der Waals surface area contributed by atoms with E-state index in [1.165, 1.54) is 6.92 Å². The molecule has 0 bridgehead atoms. The van der Waals surface area contributed by atoms with E-state index in [2.05, 4.69) is 4.74 Å². The van der Waals surface area contributed by atoms with E-state index in [4.69, 9.17) is 10.2 Å². The van der Waals surface area contributed by atoms with Gasteiger partial charge in [-0.15, -0.1) is 0 Å². The molecule has 0 fully saturated rings. The van der Waals surface area contributed by atoms with Gasteiger partial charge in [0.25, 0.3) is 5.79 Å². The fraction of sp³-hybridized carbons (Fsp3) is 0.857. The minimum Gasteiger partial charge on any atom is -0.466 e. The maximum atomic E-state index is 12.0. The lowest BCUT2D eigenvalue weighted by Crippen LogP contribution is -2.53. The smallest absolute Gasteiger partial charge is 0.443 e. The minimum atomic E-state index is -5.29. The lowest BCUT2D eigenvalue weighted by molar-refractivity contribution is -0.364. The van der Waals surface area contributed by atoms with Crippen LogP contribution in [0, 0.1) is 5.92 Å². The zero-order valence-corrected chi connectivity index (χ0v) is 7.63. The Hall–Kier alpha value is -0.820. The SMILES string of the molecule is CCOC(=O)C(C)C(O)(O)C(F)(F)F. The lowest BCUT2D eigenvalue weighted by Gasteiger charge is -2.28. The Kier molecular flexibility index (Phi) is 3.90.